The Kier molecular flexibility index (Phi) is 6.75. The van der Waals surface area contributed by atoms with Gasteiger partial charge in [0.1, 0.15) is 0 Å². The van der Waals surface area contributed by atoms with E-state index in [0.29, 0.717) is 47.6 Å². The molecule has 0 saturated heterocycles. The van der Waals surface area contributed by atoms with Crippen molar-refractivity contribution in [2.45, 2.75) is 38.3 Å². The first kappa shape index (κ1) is 19.7. The van der Waals surface area contributed by atoms with Gasteiger partial charge >= 0.3 is 0 Å². The van der Waals surface area contributed by atoms with Gasteiger partial charge in [0.2, 0.25) is 5.91 Å². The average Bonchev–Trinajstić information content (AvgIpc) is 3.50. The Morgan fingerprint density at radius 3 is 2.15 bits per heavy atom. The summed E-state index contributed by atoms with van der Waals surface area (Å²) in [7, 11) is 0. The number of hydrogen-bond donors (Lipinski definition) is 1. The summed E-state index contributed by atoms with van der Waals surface area (Å²) in [6.07, 6.45) is 3.16. The molecule has 2 aromatic carbocycles. The van der Waals surface area contributed by atoms with Crippen molar-refractivity contribution < 1.29 is 9.59 Å². The van der Waals surface area contributed by atoms with Crippen LogP contribution < -0.4 is 5.32 Å². The molecule has 1 aliphatic rings. The van der Waals surface area contributed by atoms with Crippen LogP contribution in [-0.4, -0.2) is 29.3 Å². The summed E-state index contributed by atoms with van der Waals surface area (Å²) < 4.78 is 0. The Morgan fingerprint density at radius 1 is 0.963 bits per heavy atom. The lowest BCUT2D eigenvalue weighted by molar-refractivity contribution is -0.132. The summed E-state index contributed by atoms with van der Waals surface area (Å²) in [4.78, 5) is 26.6. The van der Waals surface area contributed by atoms with Crippen LogP contribution in [-0.2, 0) is 11.3 Å². The molecule has 4 nitrogen and oxygen atoms in total. The van der Waals surface area contributed by atoms with Crippen molar-refractivity contribution in [1.82, 2.24) is 10.2 Å². The van der Waals surface area contributed by atoms with Crippen LogP contribution in [0.5, 0.6) is 0 Å². The lowest BCUT2D eigenvalue weighted by Gasteiger charge is -2.22. The van der Waals surface area contributed by atoms with E-state index < -0.39 is 0 Å². The van der Waals surface area contributed by atoms with E-state index >= 15 is 0 Å². The smallest absolute Gasteiger partial charge is 0.251 e. The molecule has 0 heterocycles. The van der Waals surface area contributed by atoms with Gasteiger partial charge in [0, 0.05) is 41.2 Å². The summed E-state index contributed by atoms with van der Waals surface area (Å²) in [5, 5.41) is 4.14. The van der Waals surface area contributed by atoms with Gasteiger partial charge in [0.05, 0.1) is 0 Å². The zero-order chi connectivity index (χ0) is 19.2. The van der Waals surface area contributed by atoms with E-state index in [4.69, 9.17) is 23.2 Å². The van der Waals surface area contributed by atoms with Crippen LogP contribution in [0, 0.1) is 0 Å². The van der Waals surface area contributed by atoms with Crippen molar-refractivity contribution in [3.05, 3.63) is 69.7 Å². The molecule has 0 bridgehead atoms. The van der Waals surface area contributed by atoms with Crippen molar-refractivity contribution >= 4 is 35.0 Å². The number of rotatable bonds is 8. The third-order valence-electron chi connectivity index (χ3n) is 4.53. The maximum Gasteiger partial charge on any atom is 0.251 e. The largest absolute Gasteiger partial charge is 0.352 e. The normalized spacial score (nSPS) is 13.3. The third kappa shape index (κ3) is 5.98. The Bertz CT molecular complexity index is 787. The summed E-state index contributed by atoms with van der Waals surface area (Å²) >= 11 is 11.7. The minimum Gasteiger partial charge on any atom is -0.352 e. The maximum atomic E-state index is 12.6. The van der Waals surface area contributed by atoms with Crippen LogP contribution in [0.25, 0.3) is 0 Å². The lowest BCUT2D eigenvalue weighted by atomic mass is 10.2. The van der Waals surface area contributed by atoms with Gasteiger partial charge in [-0.25, -0.2) is 0 Å². The fraction of sp³-hybridized carbons (Fsp3) is 0.333. The number of nitrogens with zero attached hydrogens (tertiary/aromatic N) is 1. The molecule has 27 heavy (non-hydrogen) atoms. The fourth-order valence-electron chi connectivity index (χ4n) is 2.88. The predicted octanol–water partition coefficient (Wildman–Crippen LogP) is 4.69. The van der Waals surface area contributed by atoms with Gasteiger partial charge in [-0.2, -0.15) is 0 Å². The molecule has 142 valence electrons. The maximum absolute atomic E-state index is 12.6. The second kappa shape index (κ2) is 9.25. The second-order valence-corrected chi connectivity index (χ2v) is 7.62. The van der Waals surface area contributed by atoms with Gasteiger partial charge < -0.3 is 10.2 Å². The summed E-state index contributed by atoms with van der Waals surface area (Å²) in [5.74, 6) is -0.0208. The molecule has 2 amide bonds. The summed E-state index contributed by atoms with van der Waals surface area (Å²) in [5.41, 5.74) is 1.64. The molecule has 0 aromatic heterocycles. The predicted molar refractivity (Wildman–Crippen MR) is 108 cm³/mol. The summed E-state index contributed by atoms with van der Waals surface area (Å²) in [6, 6.07) is 14.7. The van der Waals surface area contributed by atoms with E-state index in [0.717, 1.165) is 18.4 Å². The van der Waals surface area contributed by atoms with Crippen LogP contribution in [0.1, 0.15) is 41.6 Å². The molecule has 0 aliphatic heterocycles. The SMILES string of the molecule is O=C(NCCCC(=O)N(Cc1ccc(Cl)cc1)C1CC1)c1ccc(Cl)cc1. The van der Waals surface area contributed by atoms with Gasteiger partial charge in [0.15, 0.2) is 0 Å². The molecule has 0 spiro atoms. The highest BCUT2D eigenvalue weighted by molar-refractivity contribution is 6.30. The molecular weight excluding hydrogens is 383 g/mol. The topological polar surface area (TPSA) is 49.4 Å². The Morgan fingerprint density at radius 2 is 1.56 bits per heavy atom. The van der Waals surface area contributed by atoms with E-state index in [1.807, 2.05) is 29.2 Å². The zero-order valence-corrected chi connectivity index (χ0v) is 16.5. The first-order valence-corrected chi connectivity index (χ1v) is 9.86. The average molecular weight is 405 g/mol. The zero-order valence-electron chi connectivity index (χ0n) is 15.0. The summed E-state index contributed by atoms with van der Waals surface area (Å²) in [6.45, 7) is 1.07. The van der Waals surface area contributed by atoms with Crippen molar-refractivity contribution in [3.63, 3.8) is 0 Å². The van der Waals surface area contributed by atoms with Gasteiger partial charge in [-0.3, -0.25) is 9.59 Å². The molecule has 0 atom stereocenters. The van der Waals surface area contributed by atoms with Crippen molar-refractivity contribution in [2.24, 2.45) is 0 Å². The number of amides is 2. The highest BCUT2D eigenvalue weighted by atomic mass is 35.5. The lowest BCUT2D eigenvalue weighted by Crippen LogP contribution is -2.33. The number of benzene rings is 2. The minimum absolute atomic E-state index is 0.133. The first-order valence-electron chi connectivity index (χ1n) is 9.10. The second-order valence-electron chi connectivity index (χ2n) is 6.75. The highest BCUT2D eigenvalue weighted by Gasteiger charge is 2.32. The van der Waals surface area contributed by atoms with E-state index in [9.17, 15) is 9.59 Å². The van der Waals surface area contributed by atoms with Crippen LogP contribution in [0.3, 0.4) is 0 Å². The molecule has 3 rings (SSSR count). The van der Waals surface area contributed by atoms with E-state index in [-0.39, 0.29) is 11.8 Å². The van der Waals surface area contributed by atoms with Crippen molar-refractivity contribution in [2.75, 3.05) is 6.54 Å². The standard InChI is InChI=1S/C21H22Cl2N2O2/c22-17-7-3-15(4-8-17)14-25(19-11-12-19)20(26)2-1-13-24-21(27)16-5-9-18(23)10-6-16/h3-10,19H,1-2,11-14H2,(H,24,27). The van der Waals surface area contributed by atoms with Crippen LogP contribution >= 0.6 is 23.2 Å². The minimum atomic E-state index is -0.153. The van der Waals surface area contributed by atoms with Crippen LogP contribution in [0.2, 0.25) is 10.0 Å². The Hall–Kier alpha value is -2.04. The van der Waals surface area contributed by atoms with Crippen LogP contribution in [0.4, 0.5) is 0 Å². The van der Waals surface area contributed by atoms with Crippen LogP contribution in [0.15, 0.2) is 48.5 Å². The van der Waals surface area contributed by atoms with Gasteiger partial charge in [-0.05, 0) is 61.2 Å². The highest BCUT2D eigenvalue weighted by Crippen LogP contribution is 2.29. The molecule has 0 radical (unpaired) electrons. The molecule has 1 fully saturated rings. The molecule has 1 aliphatic carbocycles. The number of carbonyl (C=O) groups excluding carboxylic acids is 2. The Balaban J connectivity index is 1.44. The van der Waals surface area contributed by atoms with Gasteiger partial charge in [0.25, 0.3) is 5.91 Å². The van der Waals surface area contributed by atoms with Crippen molar-refractivity contribution in [3.8, 4) is 0 Å². The first-order chi connectivity index (χ1) is 13.0. The number of carbonyl (C=O) groups is 2. The van der Waals surface area contributed by atoms with E-state index in [1.165, 1.54) is 0 Å². The molecule has 1 N–H and O–H groups in total. The third-order valence-corrected chi connectivity index (χ3v) is 5.04. The number of nitrogens with one attached hydrogen (secondary N) is 1. The van der Waals surface area contributed by atoms with Gasteiger partial charge in [-0.1, -0.05) is 35.3 Å². The molecule has 2 aromatic rings. The number of halogens is 2. The van der Waals surface area contributed by atoms with Gasteiger partial charge in [-0.15, -0.1) is 0 Å². The van der Waals surface area contributed by atoms with Crippen molar-refractivity contribution in [1.29, 1.82) is 0 Å². The molecule has 0 unspecified atom stereocenters. The molecular formula is C21H22Cl2N2O2. The molecule has 6 heteroatoms. The van der Waals surface area contributed by atoms with E-state index in [1.54, 1.807) is 24.3 Å². The monoisotopic (exact) mass is 404 g/mol. The fourth-order valence-corrected chi connectivity index (χ4v) is 3.13. The Labute approximate surface area is 169 Å². The number of hydrogen-bond acceptors (Lipinski definition) is 2. The molecule has 1 saturated carbocycles. The van der Waals surface area contributed by atoms with E-state index in [2.05, 4.69) is 5.32 Å². The quantitative estimate of drug-likeness (QED) is 0.648.